The Kier molecular flexibility index (Phi) is 4.14. The Morgan fingerprint density at radius 2 is 1.82 bits per heavy atom. The molecule has 2 aromatic heterocycles. The van der Waals surface area contributed by atoms with Crippen LogP contribution in [0.3, 0.4) is 0 Å². The number of carbonyl (C=O) groups excluding carboxylic acids is 1. The first kappa shape index (κ1) is 17.8. The van der Waals surface area contributed by atoms with E-state index in [1.807, 2.05) is 0 Å². The standard InChI is InChI=1S/C19H15F2N5O2/c1-9(17-12-6-14(20)15(21)7-13(12)18(27)25-24-17)26(2)19(28)10-3-4-11-8-22-23-16(11)5-10/h3-9H,1-2H3,(H,22,23)(H,25,27)/t9-/m0/s1. The van der Waals surface area contributed by atoms with Crippen molar-refractivity contribution in [1.82, 2.24) is 25.3 Å². The lowest BCUT2D eigenvalue weighted by molar-refractivity contribution is 0.0740. The Bertz CT molecular complexity index is 1280. The van der Waals surface area contributed by atoms with Crippen LogP contribution in [0.5, 0.6) is 0 Å². The molecule has 0 unspecified atom stereocenters. The second-order valence-electron chi connectivity index (χ2n) is 6.51. The van der Waals surface area contributed by atoms with E-state index in [0.29, 0.717) is 5.56 Å². The summed E-state index contributed by atoms with van der Waals surface area (Å²) in [4.78, 5) is 26.3. The molecule has 0 bridgehead atoms. The number of hydrogen-bond acceptors (Lipinski definition) is 4. The van der Waals surface area contributed by atoms with Crippen LogP contribution in [0.15, 0.2) is 41.3 Å². The molecule has 4 rings (SSSR count). The molecule has 7 nitrogen and oxygen atoms in total. The van der Waals surface area contributed by atoms with E-state index in [9.17, 15) is 18.4 Å². The van der Waals surface area contributed by atoms with Gasteiger partial charge < -0.3 is 4.90 Å². The predicted molar refractivity (Wildman–Crippen MR) is 98.9 cm³/mol. The van der Waals surface area contributed by atoms with Gasteiger partial charge in [0.05, 0.1) is 28.8 Å². The first-order valence-electron chi connectivity index (χ1n) is 8.44. The molecule has 1 amide bonds. The van der Waals surface area contributed by atoms with Crippen molar-refractivity contribution in [3.63, 3.8) is 0 Å². The zero-order valence-corrected chi connectivity index (χ0v) is 15.0. The SMILES string of the molecule is C[C@@H](c1n[nH]c(=O)c2cc(F)c(F)cc12)N(C)C(=O)c1ccc2cn[nH]c2c1. The fourth-order valence-corrected chi connectivity index (χ4v) is 3.13. The normalized spacial score (nSPS) is 12.4. The van der Waals surface area contributed by atoms with Crippen molar-refractivity contribution in [2.24, 2.45) is 0 Å². The number of hydrogen-bond donors (Lipinski definition) is 2. The van der Waals surface area contributed by atoms with Crippen molar-refractivity contribution < 1.29 is 13.6 Å². The highest BCUT2D eigenvalue weighted by Gasteiger charge is 2.24. The lowest BCUT2D eigenvalue weighted by Gasteiger charge is -2.25. The number of halogens is 2. The molecule has 0 saturated carbocycles. The molecular weight excluding hydrogens is 368 g/mol. The number of aromatic nitrogens is 4. The van der Waals surface area contributed by atoms with E-state index < -0.39 is 23.2 Å². The van der Waals surface area contributed by atoms with Gasteiger partial charge in [-0.3, -0.25) is 14.7 Å². The summed E-state index contributed by atoms with van der Waals surface area (Å²) in [5.74, 6) is -2.51. The van der Waals surface area contributed by atoms with Gasteiger partial charge in [-0.15, -0.1) is 0 Å². The fourth-order valence-electron chi connectivity index (χ4n) is 3.13. The van der Waals surface area contributed by atoms with Gasteiger partial charge in [0.15, 0.2) is 11.6 Å². The quantitative estimate of drug-likeness (QED) is 0.569. The van der Waals surface area contributed by atoms with Gasteiger partial charge in [-0.1, -0.05) is 6.07 Å². The molecule has 9 heteroatoms. The van der Waals surface area contributed by atoms with Crippen molar-refractivity contribution in [3.05, 3.63) is 69.8 Å². The van der Waals surface area contributed by atoms with Crippen LogP contribution in [0.4, 0.5) is 8.78 Å². The van der Waals surface area contributed by atoms with E-state index in [2.05, 4.69) is 20.4 Å². The Morgan fingerprint density at radius 1 is 1.11 bits per heavy atom. The molecule has 0 aliphatic carbocycles. The number of H-pyrrole nitrogens is 2. The van der Waals surface area contributed by atoms with Crippen LogP contribution in [0.2, 0.25) is 0 Å². The number of rotatable bonds is 3. The predicted octanol–water partition coefficient (Wildman–Crippen LogP) is 2.91. The number of carbonyl (C=O) groups is 1. The van der Waals surface area contributed by atoms with Gasteiger partial charge >= 0.3 is 0 Å². The van der Waals surface area contributed by atoms with Crippen LogP contribution in [-0.4, -0.2) is 38.2 Å². The molecule has 1 atom stereocenters. The molecule has 0 saturated heterocycles. The maximum atomic E-state index is 13.8. The maximum Gasteiger partial charge on any atom is 0.272 e. The molecule has 2 heterocycles. The van der Waals surface area contributed by atoms with Crippen molar-refractivity contribution in [1.29, 1.82) is 0 Å². The van der Waals surface area contributed by atoms with E-state index in [1.165, 1.54) is 4.90 Å². The molecule has 28 heavy (non-hydrogen) atoms. The number of aromatic amines is 2. The largest absolute Gasteiger partial charge is 0.333 e. The van der Waals surface area contributed by atoms with Crippen LogP contribution in [0.1, 0.15) is 29.0 Å². The lowest BCUT2D eigenvalue weighted by Crippen LogP contribution is -2.31. The fraction of sp³-hybridized carbons (Fsp3) is 0.158. The molecule has 0 radical (unpaired) electrons. The third kappa shape index (κ3) is 2.81. The summed E-state index contributed by atoms with van der Waals surface area (Å²) in [7, 11) is 1.57. The van der Waals surface area contributed by atoms with E-state index >= 15 is 0 Å². The van der Waals surface area contributed by atoms with E-state index in [1.54, 1.807) is 38.4 Å². The van der Waals surface area contributed by atoms with E-state index in [-0.39, 0.29) is 22.4 Å². The number of fused-ring (bicyclic) bond motifs is 2. The number of nitrogens with zero attached hydrogens (tertiary/aromatic N) is 3. The highest BCUT2D eigenvalue weighted by molar-refractivity contribution is 5.98. The lowest BCUT2D eigenvalue weighted by atomic mass is 10.0. The zero-order chi connectivity index (χ0) is 20.0. The Morgan fingerprint density at radius 3 is 2.57 bits per heavy atom. The van der Waals surface area contributed by atoms with Crippen LogP contribution < -0.4 is 5.56 Å². The third-order valence-electron chi connectivity index (χ3n) is 4.84. The molecule has 4 aromatic rings. The summed E-state index contributed by atoms with van der Waals surface area (Å²) < 4.78 is 27.3. The number of benzene rings is 2. The van der Waals surface area contributed by atoms with E-state index in [4.69, 9.17) is 0 Å². The smallest absolute Gasteiger partial charge is 0.272 e. The summed E-state index contributed by atoms with van der Waals surface area (Å²) in [5.41, 5.74) is 0.768. The first-order valence-corrected chi connectivity index (χ1v) is 8.44. The Hall–Kier alpha value is -3.62. The van der Waals surface area contributed by atoms with Gasteiger partial charge in [0, 0.05) is 23.4 Å². The molecule has 0 fully saturated rings. The Labute approximate surface area is 157 Å². The van der Waals surface area contributed by atoms with Crippen molar-refractivity contribution in [2.45, 2.75) is 13.0 Å². The summed E-state index contributed by atoms with van der Waals surface area (Å²) in [5, 5.41) is 14.0. The summed E-state index contributed by atoms with van der Waals surface area (Å²) in [6.45, 7) is 1.69. The maximum absolute atomic E-state index is 13.8. The van der Waals surface area contributed by atoms with Gasteiger partial charge in [0.2, 0.25) is 0 Å². The highest BCUT2D eigenvalue weighted by atomic mass is 19.2. The monoisotopic (exact) mass is 383 g/mol. The van der Waals surface area contributed by atoms with Crippen molar-refractivity contribution in [2.75, 3.05) is 7.05 Å². The molecule has 2 N–H and O–H groups in total. The average molecular weight is 383 g/mol. The van der Waals surface area contributed by atoms with Gasteiger partial charge in [-0.25, -0.2) is 13.9 Å². The van der Waals surface area contributed by atoms with Gasteiger partial charge in [-0.05, 0) is 31.2 Å². The number of amides is 1. The minimum atomic E-state index is -1.12. The highest BCUT2D eigenvalue weighted by Crippen LogP contribution is 2.26. The minimum absolute atomic E-state index is 0.0320. The third-order valence-corrected chi connectivity index (χ3v) is 4.84. The van der Waals surface area contributed by atoms with Crippen LogP contribution in [0.25, 0.3) is 21.7 Å². The summed E-state index contributed by atoms with van der Waals surface area (Å²) in [6.07, 6.45) is 1.65. The molecular formula is C19H15F2N5O2. The van der Waals surface area contributed by atoms with Crippen molar-refractivity contribution in [3.8, 4) is 0 Å². The average Bonchev–Trinajstić information content (AvgIpc) is 3.16. The van der Waals surface area contributed by atoms with E-state index in [0.717, 1.165) is 23.0 Å². The minimum Gasteiger partial charge on any atom is -0.333 e. The Balaban J connectivity index is 1.75. The molecule has 0 aliphatic rings. The molecule has 0 aliphatic heterocycles. The second kappa shape index (κ2) is 6.52. The van der Waals surface area contributed by atoms with Crippen LogP contribution >= 0.6 is 0 Å². The van der Waals surface area contributed by atoms with Gasteiger partial charge in [0.1, 0.15) is 0 Å². The topological polar surface area (TPSA) is 94.7 Å². The molecule has 142 valence electrons. The summed E-state index contributed by atoms with van der Waals surface area (Å²) >= 11 is 0. The molecule has 2 aromatic carbocycles. The van der Waals surface area contributed by atoms with Crippen molar-refractivity contribution >= 4 is 27.6 Å². The zero-order valence-electron chi connectivity index (χ0n) is 15.0. The second-order valence-corrected chi connectivity index (χ2v) is 6.51. The summed E-state index contributed by atoms with van der Waals surface area (Å²) in [6, 6.07) is 6.27. The first-order chi connectivity index (χ1) is 13.4. The van der Waals surface area contributed by atoms with Crippen LogP contribution in [0, 0.1) is 11.6 Å². The van der Waals surface area contributed by atoms with Gasteiger partial charge in [0.25, 0.3) is 11.5 Å². The van der Waals surface area contributed by atoms with Gasteiger partial charge in [-0.2, -0.15) is 10.2 Å². The van der Waals surface area contributed by atoms with Crippen LogP contribution in [-0.2, 0) is 0 Å². The number of nitrogens with one attached hydrogen (secondary N) is 2. The molecule has 0 spiro atoms.